The molecule has 76 valence electrons. The average molecular weight is 258 g/mol. The van der Waals surface area contributed by atoms with Crippen LogP contribution in [0.2, 0.25) is 0 Å². The lowest BCUT2D eigenvalue weighted by atomic mass is 10.1. The van der Waals surface area contributed by atoms with Gasteiger partial charge in [0.25, 0.3) is 0 Å². The Hall–Kier alpha value is -0.680. The molecule has 1 unspecified atom stereocenters. The molecule has 0 radical (unpaired) electrons. The molecule has 1 aliphatic heterocycles. The van der Waals surface area contributed by atoms with Gasteiger partial charge in [0, 0.05) is 12.7 Å². The first-order valence-electron chi connectivity index (χ1n) is 4.69. The number of hydrogen-bond acceptors (Lipinski definition) is 4. The van der Waals surface area contributed by atoms with Crippen molar-refractivity contribution in [3.05, 3.63) is 17.0 Å². The minimum absolute atomic E-state index is 0.231. The van der Waals surface area contributed by atoms with E-state index in [1.807, 2.05) is 0 Å². The van der Waals surface area contributed by atoms with Gasteiger partial charge in [-0.25, -0.2) is 9.97 Å². The topological polar surface area (TPSA) is 47.0 Å². The van der Waals surface area contributed by atoms with Crippen LogP contribution in [0.3, 0.4) is 0 Å². The van der Waals surface area contributed by atoms with Crippen LogP contribution >= 0.6 is 15.9 Å². The number of aromatic nitrogens is 2. The van der Waals surface area contributed by atoms with E-state index in [0.717, 1.165) is 30.4 Å². The highest BCUT2D eigenvalue weighted by molar-refractivity contribution is 9.10. The van der Waals surface area contributed by atoms with E-state index in [1.54, 1.807) is 6.20 Å². The summed E-state index contributed by atoms with van der Waals surface area (Å²) in [6, 6.07) is 0. The lowest BCUT2D eigenvalue weighted by Gasteiger charge is -2.23. The number of ether oxygens (including phenoxy) is 1. The molecule has 1 aromatic rings. The molecule has 5 heteroatoms. The Kier molecular flexibility index (Phi) is 3.31. The largest absolute Gasteiger partial charge is 0.472 e. The van der Waals surface area contributed by atoms with Crippen LogP contribution < -0.4 is 10.1 Å². The molecule has 0 spiro atoms. The first-order chi connectivity index (χ1) is 6.86. The third-order valence-electron chi connectivity index (χ3n) is 2.16. The van der Waals surface area contributed by atoms with Gasteiger partial charge in [0.15, 0.2) is 0 Å². The highest BCUT2D eigenvalue weighted by Gasteiger charge is 2.15. The van der Waals surface area contributed by atoms with Crippen molar-refractivity contribution in [2.75, 3.05) is 13.1 Å². The van der Waals surface area contributed by atoms with Gasteiger partial charge in [-0.2, -0.15) is 0 Å². The van der Waals surface area contributed by atoms with E-state index in [-0.39, 0.29) is 6.10 Å². The van der Waals surface area contributed by atoms with Gasteiger partial charge in [0.2, 0.25) is 5.88 Å². The van der Waals surface area contributed by atoms with E-state index in [1.165, 1.54) is 6.33 Å². The summed E-state index contributed by atoms with van der Waals surface area (Å²) < 4.78 is 6.54. The number of halogens is 1. The minimum Gasteiger partial charge on any atom is -0.472 e. The van der Waals surface area contributed by atoms with E-state index >= 15 is 0 Å². The van der Waals surface area contributed by atoms with Crippen LogP contribution in [0.4, 0.5) is 0 Å². The summed E-state index contributed by atoms with van der Waals surface area (Å²) in [6.45, 7) is 1.99. The predicted molar refractivity (Wildman–Crippen MR) is 56.3 cm³/mol. The van der Waals surface area contributed by atoms with Crippen molar-refractivity contribution in [3.63, 3.8) is 0 Å². The van der Waals surface area contributed by atoms with Crippen LogP contribution in [0.1, 0.15) is 12.8 Å². The molecule has 1 fully saturated rings. The van der Waals surface area contributed by atoms with Gasteiger partial charge >= 0.3 is 0 Å². The van der Waals surface area contributed by atoms with Crippen LogP contribution in [-0.2, 0) is 0 Å². The summed E-state index contributed by atoms with van der Waals surface area (Å²) in [5, 5.41) is 3.29. The summed E-state index contributed by atoms with van der Waals surface area (Å²) in [6.07, 6.45) is 5.67. The van der Waals surface area contributed by atoms with Crippen molar-refractivity contribution < 1.29 is 4.74 Å². The first kappa shape index (κ1) is 9.86. The zero-order valence-electron chi connectivity index (χ0n) is 7.74. The van der Waals surface area contributed by atoms with Crippen molar-refractivity contribution in [3.8, 4) is 5.88 Å². The number of rotatable bonds is 2. The number of hydrogen-bond donors (Lipinski definition) is 1. The van der Waals surface area contributed by atoms with Gasteiger partial charge in [0.05, 0.1) is 4.47 Å². The van der Waals surface area contributed by atoms with Gasteiger partial charge in [-0.15, -0.1) is 0 Å². The maximum Gasteiger partial charge on any atom is 0.231 e. The van der Waals surface area contributed by atoms with Gasteiger partial charge < -0.3 is 10.1 Å². The second-order valence-electron chi connectivity index (χ2n) is 3.26. The van der Waals surface area contributed by atoms with Gasteiger partial charge in [-0.3, -0.25) is 0 Å². The Labute approximate surface area is 91.2 Å². The summed E-state index contributed by atoms with van der Waals surface area (Å²) in [5.41, 5.74) is 0. The third kappa shape index (κ3) is 2.42. The maximum absolute atomic E-state index is 5.73. The Morgan fingerprint density at radius 2 is 2.50 bits per heavy atom. The highest BCUT2D eigenvalue weighted by Crippen LogP contribution is 2.22. The van der Waals surface area contributed by atoms with Crippen LogP contribution in [0, 0.1) is 0 Å². The highest BCUT2D eigenvalue weighted by atomic mass is 79.9. The van der Waals surface area contributed by atoms with Crippen molar-refractivity contribution in [2.24, 2.45) is 0 Å². The van der Waals surface area contributed by atoms with E-state index in [4.69, 9.17) is 4.74 Å². The average Bonchev–Trinajstić information content (AvgIpc) is 2.23. The normalized spacial score (nSPS) is 21.9. The molecule has 0 aromatic carbocycles. The maximum atomic E-state index is 5.73. The molecule has 1 aromatic heterocycles. The molecule has 2 heterocycles. The van der Waals surface area contributed by atoms with Crippen molar-refractivity contribution >= 4 is 15.9 Å². The fourth-order valence-electron chi connectivity index (χ4n) is 1.47. The lowest BCUT2D eigenvalue weighted by Crippen LogP contribution is -2.37. The second-order valence-corrected chi connectivity index (χ2v) is 4.12. The Morgan fingerprint density at radius 3 is 3.21 bits per heavy atom. The van der Waals surface area contributed by atoms with Gasteiger partial charge in [0.1, 0.15) is 12.4 Å². The molecule has 1 saturated heterocycles. The zero-order chi connectivity index (χ0) is 9.80. The monoisotopic (exact) mass is 257 g/mol. The Balaban J connectivity index is 1.99. The Morgan fingerprint density at radius 1 is 1.57 bits per heavy atom. The molecular formula is C9H12BrN3O. The Bertz CT molecular complexity index is 302. The molecular weight excluding hydrogens is 246 g/mol. The molecule has 0 amide bonds. The standard InChI is InChI=1S/C9H12BrN3O/c10-8-5-12-6-13-9(8)14-7-2-1-3-11-4-7/h5-7,11H,1-4H2. The van der Waals surface area contributed by atoms with Crippen LogP contribution in [-0.4, -0.2) is 29.2 Å². The van der Waals surface area contributed by atoms with Gasteiger partial charge in [-0.1, -0.05) is 0 Å². The van der Waals surface area contributed by atoms with E-state index in [2.05, 4.69) is 31.2 Å². The van der Waals surface area contributed by atoms with Crippen molar-refractivity contribution in [2.45, 2.75) is 18.9 Å². The zero-order valence-corrected chi connectivity index (χ0v) is 9.33. The van der Waals surface area contributed by atoms with E-state index < -0.39 is 0 Å². The number of nitrogens with zero attached hydrogens (tertiary/aromatic N) is 2. The first-order valence-corrected chi connectivity index (χ1v) is 5.48. The molecule has 14 heavy (non-hydrogen) atoms. The summed E-state index contributed by atoms with van der Waals surface area (Å²) in [4.78, 5) is 7.95. The minimum atomic E-state index is 0.231. The van der Waals surface area contributed by atoms with Crippen LogP contribution in [0.25, 0.3) is 0 Å². The lowest BCUT2D eigenvalue weighted by molar-refractivity contribution is 0.159. The fourth-order valence-corrected chi connectivity index (χ4v) is 1.78. The molecule has 1 aliphatic rings. The van der Waals surface area contributed by atoms with Crippen LogP contribution in [0.5, 0.6) is 5.88 Å². The van der Waals surface area contributed by atoms with Crippen LogP contribution in [0.15, 0.2) is 17.0 Å². The smallest absolute Gasteiger partial charge is 0.231 e. The molecule has 4 nitrogen and oxygen atoms in total. The second kappa shape index (κ2) is 4.70. The molecule has 1 atom stereocenters. The van der Waals surface area contributed by atoms with Gasteiger partial charge in [-0.05, 0) is 35.3 Å². The van der Waals surface area contributed by atoms with E-state index in [9.17, 15) is 0 Å². The number of nitrogens with one attached hydrogen (secondary N) is 1. The molecule has 2 rings (SSSR count). The quantitative estimate of drug-likeness (QED) is 0.870. The predicted octanol–water partition coefficient (Wildman–Crippen LogP) is 1.37. The summed E-state index contributed by atoms with van der Waals surface area (Å²) in [7, 11) is 0. The third-order valence-corrected chi connectivity index (χ3v) is 2.71. The fraction of sp³-hybridized carbons (Fsp3) is 0.556. The van der Waals surface area contributed by atoms with E-state index in [0.29, 0.717) is 5.88 Å². The van der Waals surface area contributed by atoms with Crippen molar-refractivity contribution in [1.29, 1.82) is 0 Å². The summed E-state index contributed by atoms with van der Waals surface area (Å²) >= 11 is 3.35. The molecule has 0 aliphatic carbocycles. The number of piperidine rings is 1. The molecule has 0 saturated carbocycles. The molecule has 0 bridgehead atoms. The summed E-state index contributed by atoms with van der Waals surface area (Å²) in [5.74, 6) is 0.633. The van der Waals surface area contributed by atoms with Crippen molar-refractivity contribution in [1.82, 2.24) is 15.3 Å². The molecule has 1 N–H and O–H groups in total. The SMILES string of the molecule is Brc1cncnc1OC1CCCNC1.